The van der Waals surface area contributed by atoms with Crippen molar-refractivity contribution < 1.29 is 5.11 Å². The first-order valence-corrected chi connectivity index (χ1v) is 7.54. The van der Waals surface area contributed by atoms with Crippen molar-refractivity contribution in [2.45, 2.75) is 46.5 Å². The Hall–Kier alpha value is -1.36. The topological polar surface area (TPSA) is 70.1 Å². The van der Waals surface area contributed by atoms with Crippen molar-refractivity contribution >= 4 is 11.6 Å². The van der Waals surface area contributed by atoms with Gasteiger partial charge in [-0.3, -0.25) is 0 Å². The number of aromatic nitrogens is 2. The van der Waals surface area contributed by atoms with Gasteiger partial charge >= 0.3 is 0 Å². The lowest BCUT2D eigenvalue weighted by molar-refractivity contribution is 0.253. The van der Waals surface area contributed by atoms with E-state index in [4.69, 9.17) is 5.11 Å². The Balaban J connectivity index is 2.05. The van der Waals surface area contributed by atoms with Crippen LogP contribution in [0.4, 0.5) is 11.6 Å². The van der Waals surface area contributed by atoms with E-state index in [-0.39, 0.29) is 12.0 Å². The second-order valence-electron chi connectivity index (χ2n) is 5.85. The zero-order valence-electron chi connectivity index (χ0n) is 12.8. The van der Waals surface area contributed by atoms with Crippen molar-refractivity contribution in [1.29, 1.82) is 0 Å². The van der Waals surface area contributed by atoms with Crippen molar-refractivity contribution in [2.75, 3.05) is 30.3 Å². The average Bonchev–Trinajstić information content (AvgIpc) is 3.18. The highest BCUT2D eigenvalue weighted by molar-refractivity contribution is 5.57. The Morgan fingerprint density at radius 2 is 1.80 bits per heavy atom. The van der Waals surface area contributed by atoms with E-state index in [0.29, 0.717) is 0 Å². The van der Waals surface area contributed by atoms with Gasteiger partial charge in [-0.05, 0) is 44.9 Å². The lowest BCUT2D eigenvalue weighted by atomic mass is 10.0. The molecule has 0 spiro atoms. The molecule has 0 aromatic carbocycles. The van der Waals surface area contributed by atoms with Crippen LogP contribution in [0, 0.1) is 19.3 Å². The fourth-order valence-corrected chi connectivity index (χ4v) is 2.42. The number of aliphatic hydroxyl groups is 1. The molecule has 3 N–H and O–H groups in total. The molecular formula is C15H26N4O. The minimum absolute atomic E-state index is 0.271. The predicted octanol–water partition coefficient (Wildman–Crippen LogP) is 2.49. The van der Waals surface area contributed by atoms with Crippen molar-refractivity contribution in [3.8, 4) is 0 Å². The summed E-state index contributed by atoms with van der Waals surface area (Å²) in [5.74, 6) is 2.62. The average molecular weight is 278 g/mol. The number of aryl methyl sites for hydroxylation is 1. The first kappa shape index (κ1) is 15.0. The van der Waals surface area contributed by atoms with E-state index < -0.39 is 0 Å². The quantitative estimate of drug-likeness (QED) is 0.681. The fourth-order valence-electron chi connectivity index (χ4n) is 2.42. The molecule has 1 aliphatic carbocycles. The third-order valence-corrected chi connectivity index (χ3v) is 4.03. The highest BCUT2D eigenvalue weighted by atomic mass is 16.3. The first-order valence-electron chi connectivity index (χ1n) is 7.54. The van der Waals surface area contributed by atoms with Crippen molar-refractivity contribution in [3.63, 3.8) is 0 Å². The van der Waals surface area contributed by atoms with Gasteiger partial charge in [0.1, 0.15) is 17.5 Å². The van der Waals surface area contributed by atoms with Gasteiger partial charge in [0.25, 0.3) is 0 Å². The Labute approximate surface area is 121 Å². The van der Waals surface area contributed by atoms with Gasteiger partial charge in [-0.25, -0.2) is 9.97 Å². The summed E-state index contributed by atoms with van der Waals surface area (Å²) >= 11 is 0. The predicted molar refractivity (Wildman–Crippen MR) is 82.1 cm³/mol. The molecule has 1 aliphatic rings. The summed E-state index contributed by atoms with van der Waals surface area (Å²) in [4.78, 5) is 8.97. The van der Waals surface area contributed by atoms with Crippen LogP contribution in [0.15, 0.2) is 0 Å². The van der Waals surface area contributed by atoms with Gasteiger partial charge in [-0.2, -0.15) is 0 Å². The van der Waals surface area contributed by atoms with Gasteiger partial charge < -0.3 is 15.7 Å². The van der Waals surface area contributed by atoms with Crippen molar-refractivity contribution in [2.24, 2.45) is 5.41 Å². The third-order valence-electron chi connectivity index (χ3n) is 4.03. The molecule has 5 nitrogen and oxygen atoms in total. The van der Waals surface area contributed by atoms with E-state index in [1.807, 2.05) is 13.8 Å². The highest BCUT2D eigenvalue weighted by Crippen LogP contribution is 2.48. The first-order chi connectivity index (χ1) is 9.60. The van der Waals surface area contributed by atoms with Gasteiger partial charge in [0.2, 0.25) is 0 Å². The van der Waals surface area contributed by atoms with Crippen LogP contribution in [0.25, 0.3) is 0 Å². The molecular weight excluding hydrogens is 252 g/mol. The maximum atomic E-state index is 9.12. The molecule has 0 bridgehead atoms. The summed E-state index contributed by atoms with van der Waals surface area (Å²) in [6, 6.07) is 0. The van der Waals surface area contributed by atoms with Crippen LogP contribution >= 0.6 is 0 Å². The number of nitrogens with zero attached hydrogens (tertiary/aromatic N) is 2. The molecule has 0 aliphatic heterocycles. The number of hydrogen-bond donors (Lipinski definition) is 3. The van der Waals surface area contributed by atoms with Gasteiger partial charge in [0.05, 0.1) is 0 Å². The molecule has 0 atom stereocenters. The summed E-state index contributed by atoms with van der Waals surface area (Å²) in [6.45, 7) is 8.19. The number of hydrogen-bond acceptors (Lipinski definition) is 5. The molecule has 0 radical (unpaired) electrons. The van der Waals surface area contributed by atoms with Crippen molar-refractivity contribution in [1.82, 2.24) is 9.97 Å². The minimum Gasteiger partial charge on any atom is -0.396 e. The second-order valence-corrected chi connectivity index (χ2v) is 5.85. The zero-order chi connectivity index (χ0) is 14.6. The summed E-state index contributed by atoms with van der Waals surface area (Å²) < 4.78 is 0. The lowest BCUT2D eigenvalue weighted by Gasteiger charge is -2.18. The second kappa shape index (κ2) is 6.39. The lowest BCUT2D eigenvalue weighted by Crippen LogP contribution is -2.19. The maximum absolute atomic E-state index is 9.12. The minimum atomic E-state index is 0.271. The molecule has 20 heavy (non-hydrogen) atoms. The van der Waals surface area contributed by atoms with Crippen LogP contribution < -0.4 is 10.6 Å². The molecule has 1 aromatic rings. The van der Waals surface area contributed by atoms with E-state index in [0.717, 1.165) is 49.0 Å². The molecule has 0 saturated heterocycles. The number of nitrogens with one attached hydrogen (secondary N) is 2. The summed E-state index contributed by atoms with van der Waals surface area (Å²) in [7, 11) is 0. The van der Waals surface area contributed by atoms with E-state index in [1.165, 1.54) is 12.8 Å². The normalized spacial score (nSPS) is 16.0. The van der Waals surface area contributed by atoms with Crippen LogP contribution in [0.3, 0.4) is 0 Å². The molecule has 1 aromatic heterocycles. The molecule has 0 unspecified atom stereocenters. The molecule has 1 fully saturated rings. The van der Waals surface area contributed by atoms with Gasteiger partial charge in [0.15, 0.2) is 0 Å². The Kier molecular flexibility index (Phi) is 4.81. The maximum Gasteiger partial charge on any atom is 0.134 e. The zero-order valence-corrected chi connectivity index (χ0v) is 12.8. The van der Waals surface area contributed by atoms with Gasteiger partial charge in [-0.1, -0.05) is 6.92 Å². The standard InChI is InChI=1S/C15H26N4O/c1-4-8-16-13-11(2)14(19-12(3)18-13)17-10-15(5-6-15)7-9-20/h20H,4-10H2,1-3H3,(H2,16,17,18,19). The third kappa shape index (κ3) is 3.60. The number of anilines is 2. The molecule has 5 heteroatoms. The molecule has 1 saturated carbocycles. The molecule has 112 valence electrons. The molecule has 2 rings (SSSR count). The summed E-state index contributed by atoms with van der Waals surface area (Å²) in [6.07, 6.45) is 4.35. The summed E-state index contributed by atoms with van der Waals surface area (Å²) in [5.41, 5.74) is 1.36. The smallest absolute Gasteiger partial charge is 0.134 e. The molecule has 1 heterocycles. The Bertz CT molecular complexity index is 457. The van der Waals surface area contributed by atoms with Crippen LogP contribution in [0.1, 0.15) is 44.0 Å². The highest BCUT2D eigenvalue weighted by Gasteiger charge is 2.41. The SMILES string of the molecule is CCCNc1nc(C)nc(NCC2(CCO)CC2)c1C. The Morgan fingerprint density at radius 1 is 1.15 bits per heavy atom. The van der Waals surface area contributed by atoms with E-state index in [9.17, 15) is 0 Å². The largest absolute Gasteiger partial charge is 0.396 e. The van der Waals surface area contributed by atoms with Crippen LogP contribution in [0.5, 0.6) is 0 Å². The number of rotatable bonds is 8. The Morgan fingerprint density at radius 3 is 2.35 bits per heavy atom. The van der Waals surface area contributed by atoms with Gasteiger partial charge in [0, 0.05) is 25.3 Å². The van der Waals surface area contributed by atoms with E-state index >= 15 is 0 Å². The fraction of sp³-hybridized carbons (Fsp3) is 0.733. The molecule has 0 amide bonds. The van der Waals surface area contributed by atoms with Gasteiger partial charge in [-0.15, -0.1) is 0 Å². The van der Waals surface area contributed by atoms with Crippen LogP contribution in [-0.2, 0) is 0 Å². The number of aliphatic hydroxyl groups excluding tert-OH is 1. The monoisotopic (exact) mass is 278 g/mol. The summed E-state index contributed by atoms with van der Waals surface area (Å²) in [5, 5.41) is 15.9. The van der Waals surface area contributed by atoms with Crippen molar-refractivity contribution in [3.05, 3.63) is 11.4 Å². The van der Waals surface area contributed by atoms with Crippen LogP contribution in [0.2, 0.25) is 0 Å². The van der Waals surface area contributed by atoms with Crippen LogP contribution in [-0.4, -0.2) is 34.8 Å². The van der Waals surface area contributed by atoms with E-state index in [1.54, 1.807) is 0 Å². The van der Waals surface area contributed by atoms with E-state index in [2.05, 4.69) is 27.5 Å².